The number of nitrogens with two attached hydrogens (primary N) is 1. The summed E-state index contributed by atoms with van der Waals surface area (Å²) in [5, 5.41) is 11.1. The number of likely N-dealkylation sites (N-methyl/N-ethyl adjacent to an activating group) is 1. The third kappa shape index (κ3) is 4.78. The van der Waals surface area contributed by atoms with Gasteiger partial charge in [-0.05, 0) is 31.2 Å². The molecule has 0 bridgehead atoms. The van der Waals surface area contributed by atoms with Gasteiger partial charge in [0.2, 0.25) is 5.95 Å². The largest absolute Gasteiger partial charge is 0.368 e. The predicted octanol–water partition coefficient (Wildman–Crippen LogP) is 3.83. The van der Waals surface area contributed by atoms with E-state index in [1.54, 1.807) is 17.1 Å². The molecule has 1 fully saturated rings. The fourth-order valence-corrected chi connectivity index (χ4v) is 4.77. The van der Waals surface area contributed by atoms with E-state index in [1.165, 1.54) is 5.56 Å². The second-order valence-corrected chi connectivity index (χ2v) is 8.97. The SMILES string of the molecule is CCN1C[C@H](NC(=O)Nc2c(C)c(-c3cnc(N)nc3)nn2-c2ccccc2)[C@@H](c2ccccc2)C1. The lowest BCUT2D eigenvalue weighted by Crippen LogP contribution is -2.42. The number of urea groups is 1. The summed E-state index contributed by atoms with van der Waals surface area (Å²) in [4.78, 5) is 23.9. The van der Waals surface area contributed by atoms with Gasteiger partial charge in [-0.2, -0.15) is 5.10 Å². The molecule has 36 heavy (non-hydrogen) atoms. The summed E-state index contributed by atoms with van der Waals surface area (Å²) in [6.07, 6.45) is 3.28. The molecular formula is C27H30N8O. The highest BCUT2D eigenvalue weighted by Crippen LogP contribution is 2.31. The summed E-state index contributed by atoms with van der Waals surface area (Å²) >= 11 is 0. The van der Waals surface area contributed by atoms with Crippen LogP contribution in [0.2, 0.25) is 0 Å². The van der Waals surface area contributed by atoms with Crippen molar-refractivity contribution in [1.82, 2.24) is 30.0 Å². The van der Waals surface area contributed by atoms with Gasteiger partial charge in [-0.3, -0.25) is 5.32 Å². The zero-order chi connectivity index (χ0) is 25.1. The fraction of sp³-hybridized carbons (Fsp3) is 0.259. The van der Waals surface area contributed by atoms with Gasteiger partial charge >= 0.3 is 6.03 Å². The Labute approximate surface area is 210 Å². The van der Waals surface area contributed by atoms with E-state index in [2.05, 4.69) is 44.6 Å². The summed E-state index contributed by atoms with van der Waals surface area (Å²) in [6.45, 7) is 6.72. The molecule has 4 aromatic rings. The number of nitrogens with one attached hydrogen (secondary N) is 2. The van der Waals surface area contributed by atoms with Gasteiger partial charge in [0.25, 0.3) is 0 Å². The third-order valence-corrected chi connectivity index (χ3v) is 6.69. The van der Waals surface area contributed by atoms with E-state index in [-0.39, 0.29) is 23.9 Å². The maximum absolute atomic E-state index is 13.3. The number of likely N-dealkylation sites (tertiary alicyclic amines) is 1. The van der Waals surface area contributed by atoms with Gasteiger partial charge in [0.1, 0.15) is 11.5 Å². The normalized spacial score (nSPS) is 17.7. The number of rotatable bonds is 6. The minimum absolute atomic E-state index is 0.00859. The Kier molecular flexibility index (Phi) is 6.64. The molecule has 1 saturated heterocycles. The van der Waals surface area contributed by atoms with E-state index in [4.69, 9.17) is 10.8 Å². The molecule has 4 N–H and O–H groups in total. The van der Waals surface area contributed by atoms with Crippen LogP contribution in [0.5, 0.6) is 0 Å². The number of nitrogen functional groups attached to an aromatic ring is 1. The molecule has 0 unspecified atom stereocenters. The average Bonchev–Trinajstić information content (AvgIpc) is 3.46. The highest BCUT2D eigenvalue weighted by Gasteiger charge is 2.34. The van der Waals surface area contributed by atoms with Crippen LogP contribution in [0.25, 0.3) is 16.9 Å². The van der Waals surface area contributed by atoms with Gasteiger partial charge in [0.05, 0.1) is 11.7 Å². The first-order valence-electron chi connectivity index (χ1n) is 12.1. The molecular weight excluding hydrogens is 452 g/mol. The lowest BCUT2D eigenvalue weighted by Gasteiger charge is -2.21. The van der Waals surface area contributed by atoms with Crippen molar-refractivity contribution < 1.29 is 4.79 Å². The van der Waals surface area contributed by atoms with Crippen molar-refractivity contribution in [2.24, 2.45) is 0 Å². The molecule has 2 amide bonds. The number of carbonyl (C=O) groups excluding carboxylic acids is 1. The highest BCUT2D eigenvalue weighted by molar-refractivity contribution is 5.91. The van der Waals surface area contributed by atoms with Gasteiger partial charge in [0, 0.05) is 42.5 Å². The van der Waals surface area contributed by atoms with Crippen LogP contribution in [0.3, 0.4) is 0 Å². The Hall–Kier alpha value is -4.24. The first kappa shape index (κ1) is 23.5. The number of benzene rings is 2. The van der Waals surface area contributed by atoms with Crippen LogP contribution in [0.15, 0.2) is 73.1 Å². The zero-order valence-corrected chi connectivity index (χ0v) is 20.4. The molecule has 1 aliphatic rings. The first-order valence-corrected chi connectivity index (χ1v) is 12.1. The van der Waals surface area contributed by atoms with Crippen LogP contribution in [0, 0.1) is 6.92 Å². The van der Waals surface area contributed by atoms with Gasteiger partial charge in [-0.25, -0.2) is 19.4 Å². The molecule has 5 rings (SSSR count). The Morgan fingerprint density at radius 3 is 2.36 bits per heavy atom. The molecule has 3 heterocycles. The molecule has 0 aliphatic carbocycles. The van der Waals surface area contributed by atoms with E-state index in [9.17, 15) is 4.79 Å². The molecule has 9 nitrogen and oxygen atoms in total. The monoisotopic (exact) mass is 482 g/mol. The Bertz CT molecular complexity index is 1320. The van der Waals surface area contributed by atoms with E-state index in [0.717, 1.165) is 36.4 Å². The molecule has 0 saturated carbocycles. The summed E-state index contributed by atoms with van der Waals surface area (Å²) in [7, 11) is 0. The van der Waals surface area contributed by atoms with Gasteiger partial charge < -0.3 is 16.0 Å². The van der Waals surface area contributed by atoms with E-state index in [0.29, 0.717) is 11.5 Å². The summed E-state index contributed by atoms with van der Waals surface area (Å²) in [5.41, 5.74) is 9.94. The number of aromatic nitrogens is 4. The highest BCUT2D eigenvalue weighted by atomic mass is 16.2. The number of para-hydroxylation sites is 1. The van der Waals surface area contributed by atoms with Crippen molar-refractivity contribution in [3.05, 3.63) is 84.2 Å². The quantitative estimate of drug-likeness (QED) is 0.385. The van der Waals surface area contributed by atoms with E-state index in [1.807, 2.05) is 55.5 Å². The number of nitrogens with zero attached hydrogens (tertiary/aromatic N) is 5. The lowest BCUT2D eigenvalue weighted by atomic mass is 9.94. The first-order chi connectivity index (χ1) is 17.5. The van der Waals surface area contributed by atoms with Crippen LogP contribution < -0.4 is 16.4 Å². The van der Waals surface area contributed by atoms with Gasteiger partial charge in [0.15, 0.2) is 0 Å². The third-order valence-electron chi connectivity index (χ3n) is 6.69. The second kappa shape index (κ2) is 10.2. The maximum atomic E-state index is 13.3. The van der Waals surface area contributed by atoms with Crippen LogP contribution in [-0.2, 0) is 0 Å². The minimum Gasteiger partial charge on any atom is -0.368 e. The Balaban J connectivity index is 1.43. The van der Waals surface area contributed by atoms with Crippen LogP contribution >= 0.6 is 0 Å². The standard InChI is InChI=1S/C27H30N8O/c1-3-34-16-22(19-10-6-4-7-11-19)23(17-34)31-27(36)32-25-18(2)24(20-14-29-26(28)30-15-20)33-35(25)21-12-8-5-9-13-21/h4-15,22-23H,3,16-17H2,1-2H3,(H2,28,29,30)(H2,31,32,36)/t22-,23+/m1/s1. The van der Waals surface area contributed by atoms with Crippen molar-refractivity contribution >= 4 is 17.8 Å². The second-order valence-electron chi connectivity index (χ2n) is 8.97. The van der Waals surface area contributed by atoms with Crippen molar-refractivity contribution in [1.29, 1.82) is 0 Å². The van der Waals surface area contributed by atoms with Gasteiger partial charge in [-0.15, -0.1) is 0 Å². The minimum atomic E-state index is -0.265. The number of amides is 2. The van der Waals surface area contributed by atoms with Crippen LogP contribution in [-0.4, -0.2) is 56.4 Å². The number of anilines is 2. The predicted molar refractivity (Wildman–Crippen MR) is 141 cm³/mol. The van der Waals surface area contributed by atoms with Crippen molar-refractivity contribution in [3.63, 3.8) is 0 Å². The summed E-state index contributed by atoms with van der Waals surface area (Å²) in [6, 6.07) is 19.8. The lowest BCUT2D eigenvalue weighted by molar-refractivity contribution is 0.247. The van der Waals surface area contributed by atoms with E-state index >= 15 is 0 Å². The topological polar surface area (TPSA) is 114 Å². The molecule has 9 heteroatoms. The molecule has 2 aromatic heterocycles. The number of hydrogen-bond donors (Lipinski definition) is 3. The molecule has 2 atom stereocenters. The Morgan fingerprint density at radius 2 is 1.69 bits per heavy atom. The average molecular weight is 483 g/mol. The van der Waals surface area contributed by atoms with Crippen molar-refractivity contribution in [3.8, 4) is 16.9 Å². The fourth-order valence-electron chi connectivity index (χ4n) is 4.77. The van der Waals surface area contributed by atoms with Crippen LogP contribution in [0.1, 0.15) is 24.0 Å². The van der Waals surface area contributed by atoms with Gasteiger partial charge in [-0.1, -0.05) is 55.5 Å². The molecule has 0 spiro atoms. The molecule has 184 valence electrons. The van der Waals surface area contributed by atoms with Crippen LogP contribution in [0.4, 0.5) is 16.6 Å². The molecule has 1 aliphatic heterocycles. The number of hydrogen-bond acceptors (Lipinski definition) is 6. The van der Waals surface area contributed by atoms with Crippen molar-refractivity contribution in [2.75, 3.05) is 30.7 Å². The zero-order valence-electron chi connectivity index (χ0n) is 20.4. The van der Waals surface area contributed by atoms with E-state index < -0.39 is 0 Å². The summed E-state index contributed by atoms with van der Waals surface area (Å²) < 4.78 is 1.74. The van der Waals surface area contributed by atoms with Crippen molar-refractivity contribution in [2.45, 2.75) is 25.8 Å². The Morgan fingerprint density at radius 1 is 1.03 bits per heavy atom. The maximum Gasteiger partial charge on any atom is 0.320 e. The number of carbonyl (C=O) groups is 1. The smallest absolute Gasteiger partial charge is 0.320 e. The molecule has 2 aromatic carbocycles. The molecule has 0 radical (unpaired) electrons. The summed E-state index contributed by atoms with van der Waals surface area (Å²) in [5.74, 6) is 1.01.